The van der Waals surface area contributed by atoms with Crippen LogP contribution in [-0.2, 0) is 14.8 Å². The van der Waals surface area contributed by atoms with Crippen molar-refractivity contribution in [1.29, 1.82) is 0 Å². The molecule has 0 saturated heterocycles. The molecule has 19 heavy (non-hydrogen) atoms. The minimum Gasteiger partial charge on any atom is -0.478 e. The minimum absolute atomic E-state index is 0.0393. The third kappa shape index (κ3) is 4.88. The minimum atomic E-state index is -3.57. The highest BCUT2D eigenvalue weighted by Crippen LogP contribution is 2.16. The van der Waals surface area contributed by atoms with E-state index in [4.69, 9.17) is 9.84 Å². The maximum absolute atomic E-state index is 11.8. The zero-order valence-corrected chi connectivity index (χ0v) is 11.8. The highest BCUT2D eigenvalue weighted by Gasteiger charge is 2.16. The quantitative estimate of drug-likeness (QED) is 0.826. The number of ether oxygens (including phenoxy) is 1. The number of hydrogen-bond acceptors (Lipinski definition) is 4. The molecule has 6 nitrogen and oxygen atoms in total. The van der Waals surface area contributed by atoms with Crippen LogP contribution in [0, 0.1) is 6.92 Å². The van der Waals surface area contributed by atoms with Gasteiger partial charge in [-0.25, -0.2) is 13.2 Å². The van der Waals surface area contributed by atoms with Crippen LogP contribution in [0.5, 0.6) is 0 Å². The van der Waals surface area contributed by atoms with E-state index >= 15 is 0 Å². The largest absolute Gasteiger partial charge is 0.478 e. The van der Waals surface area contributed by atoms with E-state index in [0.29, 0.717) is 5.56 Å². The van der Waals surface area contributed by atoms with Crippen molar-refractivity contribution in [3.63, 3.8) is 0 Å². The molecule has 0 bridgehead atoms. The van der Waals surface area contributed by atoms with Crippen LogP contribution in [0.1, 0.15) is 22.8 Å². The number of carbonyl (C=O) groups is 1. The first-order valence-electron chi connectivity index (χ1n) is 5.62. The Morgan fingerprint density at radius 1 is 1.42 bits per heavy atom. The average Bonchev–Trinajstić information content (AvgIpc) is 2.26. The fourth-order valence-corrected chi connectivity index (χ4v) is 2.88. The van der Waals surface area contributed by atoms with Crippen molar-refractivity contribution < 1.29 is 23.1 Å². The molecule has 1 aromatic carbocycles. The topological polar surface area (TPSA) is 92.7 Å². The number of nitrogens with one attached hydrogen (secondary N) is 1. The number of rotatable bonds is 6. The number of aromatic carboxylic acids is 1. The van der Waals surface area contributed by atoms with Crippen molar-refractivity contribution in [2.75, 3.05) is 17.6 Å². The lowest BCUT2D eigenvalue weighted by Gasteiger charge is -2.13. The monoisotopic (exact) mass is 287 g/mol. The highest BCUT2D eigenvalue weighted by atomic mass is 32.2. The SMILES string of the molecule is CO[C@H](C)CS(=O)(=O)Nc1cc(C)cc(C(=O)O)c1. The fourth-order valence-electron chi connectivity index (χ4n) is 1.56. The lowest BCUT2D eigenvalue weighted by molar-refractivity contribution is 0.0696. The van der Waals surface area contributed by atoms with Crippen LogP contribution < -0.4 is 4.72 Å². The van der Waals surface area contributed by atoms with E-state index in [2.05, 4.69) is 4.72 Å². The van der Waals surface area contributed by atoms with Crippen LogP contribution in [-0.4, -0.2) is 38.5 Å². The van der Waals surface area contributed by atoms with Crippen molar-refractivity contribution in [1.82, 2.24) is 0 Å². The summed E-state index contributed by atoms with van der Waals surface area (Å²) < 4.78 is 30.9. The second kappa shape index (κ2) is 6.03. The number of carboxylic acid groups (broad SMARTS) is 1. The third-order valence-electron chi connectivity index (χ3n) is 2.45. The smallest absolute Gasteiger partial charge is 0.335 e. The van der Waals surface area contributed by atoms with Gasteiger partial charge < -0.3 is 9.84 Å². The Hall–Kier alpha value is -1.60. The number of aryl methyl sites for hydroxylation is 1. The molecule has 0 amide bonds. The maximum Gasteiger partial charge on any atom is 0.335 e. The van der Waals surface area contributed by atoms with Gasteiger partial charge in [0.05, 0.1) is 17.4 Å². The number of hydrogen-bond donors (Lipinski definition) is 2. The van der Waals surface area contributed by atoms with Crippen molar-refractivity contribution in [2.45, 2.75) is 20.0 Å². The van der Waals surface area contributed by atoms with Crippen molar-refractivity contribution in [3.8, 4) is 0 Å². The van der Waals surface area contributed by atoms with Crippen LogP contribution in [0.4, 0.5) is 5.69 Å². The molecule has 106 valence electrons. The molecular weight excluding hydrogens is 270 g/mol. The zero-order chi connectivity index (χ0) is 14.6. The summed E-state index contributed by atoms with van der Waals surface area (Å²) in [5.41, 5.74) is 0.940. The Bertz CT molecular complexity index is 567. The molecule has 1 atom stereocenters. The fraction of sp³-hybridized carbons (Fsp3) is 0.417. The van der Waals surface area contributed by atoms with E-state index in [0.717, 1.165) is 0 Å². The first kappa shape index (κ1) is 15.5. The summed E-state index contributed by atoms with van der Waals surface area (Å²) >= 11 is 0. The predicted octanol–water partition coefficient (Wildman–Crippen LogP) is 1.47. The summed E-state index contributed by atoms with van der Waals surface area (Å²) in [7, 11) is -2.15. The molecule has 0 aliphatic heterocycles. The summed E-state index contributed by atoms with van der Waals surface area (Å²) in [6, 6.07) is 4.32. The van der Waals surface area contributed by atoms with E-state index < -0.39 is 22.1 Å². The Morgan fingerprint density at radius 3 is 2.58 bits per heavy atom. The first-order valence-corrected chi connectivity index (χ1v) is 7.27. The van der Waals surface area contributed by atoms with Gasteiger partial charge in [-0.05, 0) is 37.6 Å². The lowest BCUT2D eigenvalue weighted by Crippen LogP contribution is -2.25. The third-order valence-corrected chi connectivity index (χ3v) is 3.91. The number of anilines is 1. The second-order valence-electron chi connectivity index (χ2n) is 4.32. The molecule has 0 spiro atoms. The van der Waals surface area contributed by atoms with Gasteiger partial charge in [0, 0.05) is 12.8 Å². The first-order chi connectivity index (χ1) is 8.73. The lowest BCUT2D eigenvalue weighted by atomic mass is 10.1. The number of sulfonamides is 1. The molecule has 1 aromatic rings. The van der Waals surface area contributed by atoms with Gasteiger partial charge >= 0.3 is 5.97 Å². The Balaban J connectivity index is 2.96. The van der Waals surface area contributed by atoms with Gasteiger partial charge in [-0.1, -0.05) is 0 Å². The molecule has 0 aliphatic carbocycles. The summed E-state index contributed by atoms with van der Waals surface area (Å²) in [6.07, 6.45) is -0.443. The number of benzene rings is 1. The van der Waals surface area contributed by atoms with Crippen LogP contribution in [0.25, 0.3) is 0 Å². The summed E-state index contributed by atoms with van der Waals surface area (Å²) in [5, 5.41) is 8.92. The molecular formula is C12H17NO5S. The molecule has 1 rings (SSSR count). The van der Waals surface area contributed by atoms with Crippen LogP contribution in [0.2, 0.25) is 0 Å². The van der Waals surface area contributed by atoms with Gasteiger partial charge in [-0.2, -0.15) is 0 Å². The second-order valence-corrected chi connectivity index (χ2v) is 6.09. The van der Waals surface area contributed by atoms with Gasteiger partial charge in [0.2, 0.25) is 10.0 Å². The summed E-state index contributed by atoms with van der Waals surface area (Å²) in [5.74, 6) is -1.30. The number of carboxylic acids is 1. The van der Waals surface area contributed by atoms with Gasteiger partial charge in [0.1, 0.15) is 0 Å². The van der Waals surface area contributed by atoms with Gasteiger partial charge in [-0.15, -0.1) is 0 Å². The molecule has 0 aromatic heterocycles. The normalized spacial score (nSPS) is 13.0. The van der Waals surface area contributed by atoms with Crippen LogP contribution in [0.3, 0.4) is 0 Å². The van der Waals surface area contributed by atoms with E-state index in [-0.39, 0.29) is 17.0 Å². The van der Waals surface area contributed by atoms with E-state index in [1.54, 1.807) is 19.9 Å². The Morgan fingerprint density at radius 2 is 2.05 bits per heavy atom. The predicted molar refractivity (Wildman–Crippen MR) is 72.0 cm³/mol. The molecule has 0 saturated carbocycles. The Kier molecular flexibility index (Phi) is 4.90. The highest BCUT2D eigenvalue weighted by molar-refractivity contribution is 7.92. The number of methoxy groups -OCH3 is 1. The molecule has 0 heterocycles. The Labute approximate surface area is 112 Å². The van der Waals surface area contributed by atoms with Gasteiger partial charge in [-0.3, -0.25) is 4.72 Å². The molecule has 2 N–H and O–H groups in total. The molecule has 7 heteroatoms. The zero-order valence-electron chi connectivity index (χ0n) is 11.0. The maximum atomic E-state index is 11.8. The molecule has 0 radical (unpaired) electrons. The van der Waals surface area contributed by atoms with Crippen molar-refractivity contribution >= 4 is 21.7 Å². The summed E-state index contributed by atoms with van der Waals surface area (Å²) in [6.45, 7) is 3.33. The van der Waals surface area contributed by atoms with Gasteiger partial charge in [0.25, 0.3) is 0 Å². The summed E-state index contributed by atoms with van der Waals surface area (Å²) in [4.78, 5) is 10.9. The van der Waals surface area contributed by atoms with Crippen molar-refractivity contribution in [3.05, 3.63) is 29.3 Å². The van der Waals surface area contributed by atoms with Crippen LogP contribution >= 0.6 is 0 Å². The van der Waals surface area contributed by atoms with E-state index in [1.807, 2.05) is 0 Å². The molecule has 0 aliphatic rings. The van der Waals surface area contributed by atoms with Gasteiger partial charge in [0.15, 0.2) is 0 Å². The molecule has 0 unspecified atom stereocenters. The van der Waals surface area contributed by atoms with E-state index in [1.165, 1.54) is 19.2 Å². The average molecular weight is 287 g/mol. The standard InChI is InChI=1S/C12H17NO5S/c1-8-4-10(12(14)15)6-11(5-8)13-19(16,17)7-9(2)18-3/h4-6,9,13H,7H2,1-3H3,(H,14,15)/t9-/m1/s1. The van der Waals surface area contributed by atoms with Crippen LogP contribution in [0.15, 0.2) is 18.2 Å². The molecule has 0 fully saturated rings. The van der Waals surface area contributed by atoms with Crippen molar-refractivity contribution in [2.24, 2.45) is 0 Å². The van der Waals surface area contributed by atoms with E-state index in [9.17, 15) is 13.2 Å².